The lowest BCUT2D eigenvalue weighted by atomic mass is 9.97. The summed E-state index contributed by atoms with van der Waals surface area (Å²) in [6.45, 7) is 12.1. The first-order chi connectivity index (χ1) is 30.2. The Labute approximate surface area is 363 Å². The van der Waals surface area contributed by atoms with Crippen molar-refractivity contribution in [2.24, 2.45) is 5.73 Å². The van der Waals surface area contributed by atoms with Crippen molar-refractivity contribution in [1.82, 2.24) is 19.4 Å². The zero-order valence-corrected chi connectivity index (χ0v) is 35.9. The summed E-state index contributed by atoms with van der Waals surface area (Å²) in [6, 6.07) is 14.4. The number of primary amides is 1. The number of fused-ring (bicyclic) bond motifs is 6. The van der Waals surface area contributed by atoms with Gasteiger partial charge in [-0.1, -0.05) is 40.7 Å². The first-order valence-electron chi connectivity index (χ1n) is 21.4. The van der Waals surface area contributed by atoms with Gasteiger partial charge in [-0.2, -0.15) is 0 Å². The number of aliphatic hydroxyl groups is 1. The molecule has 3 aromatic carbocycles. The number of pyridine rings is 2. The Kier molecular flexibility index (Phi) is 11.5. The number of amides is 3. The van der Waals surface area contributed by atoms with Crippen molar-refractivity contribution < 1.29 is 39.2 Å². The predicted octanol–water partition coefficient (Wildman–Crippen LogP) is 6.53. The van der Waals surface area contributed by atoms with Gasteiger partial charge in [-0.05, 0) is 89.9 Å². The quantitative estimate of drug-likeness (QED) is 0.0688. The average Bonchev–Trinajstić information content (AvgIpc) is 3.86. The molecule has 5 aromatic rings. The Morgan fingerprint density at radius 2 is 1.70 bits per heavy atom. The summed E-state index contributed by atoms with van der Waals surface area (Å²) in [5.41, 5.74) is 12.7. The van der Waals surface area contributed by atoms with E-state index >= 15 is 0 Å². The monoisotopic (exact) mass is 857 g/mol. The summed E-state index contributed by atoms with van der Waals surface area (Å²) in [7, 11) is 0. The Morgan fingerprint density at radius 3 is 2.40 bits per heavy atom. The van der Waals surface area contributed by atoms with E-state index in [1.54, 1.807) is 33.7 Å². The summed E-state index contributed by atoms with van der Waals surface area (Å²) in [4.78, 5) is 61.8. The van der Waals surface area contributed by atoms with Gasteiger partial charge < -0.3 is 40.0 Å². The van der Waals surface area contributed by atoms with Gasteiger partial charge in [-0.15, -0.1) is 0 Å². The third kappa shape index (κ3) is 7.52. The predicted molar refractivity (Wildman–Crippen MR) is 235 cm³/mol. The molecule has 16 heteroatoms. The topological polar surface area (TPSA) is 225 Å². The van der Waals surface area contributed by atoms with Crippen molar-refractivity contribution in [3.63, 3.8) is 0 Å². The van der Waals surface area contributed by atoms with Crippen LogP contribution in [0.4, 0.5) is 15.3 Å². The normalized spacial score (nSPS) is 16.7. The summed E-state index contributed by atoms with van der Waals surface area (Å²) < 4.78 is 12.6. The number of piperidine rings is 1. The molecule has 16 nitrogen and oxygen atoms in total. The number of hydrogen-bond donors (Lipinski definition) is 5. The van der Waals surface area contributed by atoms with Gasteiger partial charge in [0, 0.05) is 54.8 Å². The molecule has 1 saturated heterocycles. The molecule has 0 saturated carbocycles. The number of aryl methyl sites for hydroxylation is 1. The van der Waals surface area contributed by atoms with Crippen LogP contribution in [0.15, 0.2) is 59.4 Å². The maximum absolute atomic E-state index is 13.5. The van der Waals surface area contributed by atoms with Crippen molar-refractivity contribution in [1.29, 1.82) is 5.41 Å². The van der Waals surface area contributed by atoms with E-state index in [2.05, 4.69) is 4.90 Å². The number of benzene rings is 3. The zero-order chi connectivity index (χ0) is 45.0. The van der Waals surface area contributed by atoms with E-state index in [-0.39, 0.29) is 64.7 Å². The number of aromatic hydroxyl groups is 2. The van der Waals surface area contributed by atoms with Crippen molar-refractivity contribution in [3.8, 4) is 28.6 Å². The number of anilines is 1. The second-order valence-corrected chi connectivity index (χ2v) is 16.4. The number of phenolic OH excluding ortho intramolecular Hbond substituents is 2. The Hall–Kier alpha value is -6.78. The number of aromatic nitrogens is 2. The molecule has 4 aliphatic rings. The highest BCUT2D eigenvalue weighted by atomic mass is 16.6. The number of aliphatic hydroxyl groups excluding tert-OH is 1. The number of carbonyl (C=O) groups excluding carboxylic acids is 3. The van der Waals surface area contributed by atoms with Crippen LogP contribution >= 0.6 is 0 Å². The van der Waals surface area contributed by atoms with Crippen molar-refractivity contribution >= 4 is 40.5 Å². The number of esters is 1. The summed E-state index contributed by atoms with van der Waals surface area (Å²) in [6.07, 6.45) is 0.0836. The van der Waals surface area contributed by atoms with Crippen LogP contribution in [0, 0.1) is 5.41 Å². The van der Waals surface area contributed by atoms with Crippen LogP contribution in [0.3, 0.4) is 0 Å². The number of phenols is 2. The maximum atomic E-state index is 13.5. The maximum Gasteiger partial charge on any atom is 0.415 e. The van der Waals surface area contributed by atoms with Crippen molar-refractivity contribution in [2.45, 2.75) is 98.2 Å². The number of nitrogens with two attached hydrogens (primary N) is 1. The van der Waals surface area contributed by atoms with Crippen LogP contribution in [-0.2, 0) is 42.2 Å². The number of urea groups is 1. The van der Waals surface area contributed by atoms with E-state index in [0.717, 1.165) is 45.4 Å². The Morgan fingerprint density at radius 1 is 0.968 bits per heavy atom. The van der Waals surface area contributed by atoms with Gasteiger partial charge in [0.05, 0.1) is 40.3 Å². The number of rotatable bonds is 6. The SMILES string of the molecule is CC.CCc1c2c(nc3ccc(OC(=O)N4CCC(N5Cc6ccc(N(C(=N)c7cc(C(C)C)c(O)cc7O)C(N)=O)cc6C5)CC4)cc13)-c1cc3c(c(=O)n1C2)COC(=O)C3O. The van der Waals surface area contributed by atoms with E-state index in [1.807, 2.05) is 52.8 Å². The minimum absolute atomic E-state index is 0.0719. The molecule has 63 heavy (non-hydrogen) atoms. The van der Waals surface area contributed by atoms with Crippen LogP contribution in [0.25, 0.3) is 22.3 Å². The minimum Gasteiger partial charge on any atom is -0.508 e. The van der Waals surface area contributed by atoms with Gasteiger partial charge in [0.1, 0.15) is 29.7 Å². The molecule has 0 spiro atoms. The molecule has 328 valence electrons. The molecule has 9 rings (SSSR count). The molecule has 1 fully saturated rings. The molecule has 6 N–H and O–H groups in total. The van der Waals surface area contributed by atoms with E-state index in [9.17, 15) is 34.5 Å². The van der Waals surface area contributed by atoms with Gasteiger partial charge in [-0.3, -0.25) is 15.1 Å². The third-order valence-electron chi connectivity index (χ3n) is 12.5. The van der Waals surface area contributed by atoms with Gasteiger partial charge in [0.2, 0.25) is 0 Å². The molecular formula is C47H51N7O9. The second kappa shape index (κ2) is 16.8. The summed E-state index contributed by atoms with van der Waals surface area (Å²) in [5.74, 6) is -1.25. The number of amidine groups is 1. The number of cyclic esters (lactones) is 1. The highest BCUT2D eigenvalue weighted by Gasteiger charge is 2.36. The van der Waals surface area contributed by atoms with Gasteiger partial charge in [0.25, 0.3) is 5.56 Å². The second-order valence-electron chi connectivity index (χ2n) is 16.4. The highest BCUT2D eigenvalue weighted by molar-refractivity contribution is 6.22. The number of carbonyl (C=O) groups is 3. The fourth-order valence-electron chi connectivity index (χ4n) is 9.27. The standard InChI is InChI=1S/C45H45N7O9.C2H6/c1-4-28-30-14-27(7-8-35(30)48-39-33(28)20-51-36(39)16-31-34(42(51)56)21-60-43(57)40(31)55)61-45(59)49-11-9-25(10-12-49)50-18-23-5-6-26(13-24(23)19-50)52(44(47)58)41(46)32-15-29(22(2)3)37(53)17-38(32)54;1-2/h5-8,13-17,22,25,40,46,53-55H,4,9-12,18-21H2,1-3H3,(H2,47,58);1-2H3. The lowest BCUT2D eigenvalue weighted by molar-refractivity contribution is -0.157. The largest absolute Gasteiger partial charge is 0.508 e. The molecule has 3 amide bonds. The molecule has 0 radical (unpaired) electrons. The van der Waals surface area contributed by atoms with Crippen LogP contribution < -0.4 is 20.9 Å². The van der Waals surface area contributed by atoms with Crippen LogP contribution in [0.2, 0.25) is 0 Å². The number of hydrogen-bond acceptors (Lipinski definition) is 12. The molecular weight excluding hydrogens is 807 g/mol. The average molecular weight is 858 g/mol. The van der Waals surface area contributed by atoms with E-state index < -0.39 is 24.2 Å². The molecule has 6 heterocycles. The molecule has 4 aliphatic heterocycles. The number of likely N-dealkylation sites (tertiary alicyclic amines) is 1. The number of ether oxygens (including phenoxy) is 2. The fraction of sp³-hybridized carbons (Fsp3) is 0.362. The lowest BCUT2D eigenvalue weighted by Crippen LogP contribution is -2.46. The van der Waals surface area contributed by atoms with Gasteiger partial charge in [0.15, 0.2) is 6.10 Å². The van der Waals surface area contributed by atoms with Crippen LogP contribution in [0.5, 0.6) is 17.2 Å². The minimum atomic E-state index is -1.53. The number of nitrogens with zero attached hydrogens (tertiary/aromatic N) is 5. The third-order valence-corrected chi connectivity index (χ3v) is 12.5. The van der Waals surface area contributed by atoms with Crippen LogP contribution in [-0.4, -0.2) is 77.7 Å². The van der Waals surface area contributed by atoms with Gasteiger partial charge in [-0.25, -0.2) is 24.3 Å². The number of nitrogens with one attached hydrogen (secondary N) is 1. The first kappa shape index (κ1) is 42.9. The summed E-state index contributed by atoms with van der Waals surface area (Å²) >= 11 is 0. The molecule has 0 bridgehead atoms. The first-order valence-corrected chi connectivity index (χ1v) is 21.4. The lowest BCUT2D eigenvalue weighted by Gasteiger charge is -2.36. The molecule has 0 aliphatic carbocycles. The molecule has 1 atom stereocenters. The van der Waals surface area contributed by atoms with Crippen LogP contribution in [0.1, 0.15) is 104 Å². The van der Waals surface area contributed by atoms with E-state index in [0.29, 0.717) is 66.5 Å². The van der Waals surface area contributed by atoms with Crippen molar-refractivity contribution in [2.75, 3.05) is 18.0 Å². The Balaban J connectivity index is 0.00000268. The fourth-order valence-corrected chi connectivity index (χ4v) is 9.27. The highest BCUT2D eigenvalue weighted by Crippen LogP contribution is 2.40. The van der Waals surface area contributed by atoms with E-state index in [1.165, 1.54) is 12.1 Å². The summed E-state index contributed by atoms with van der Waals surface area (Å²) in [5, 5.41) is 41.1. The smallest absolute Gasteiger partial charge is 0.415 e. The Bertz CT molecular complexity index is 2770. The van der Waals surface area contributed by atoms with Crippen molar-refractivity contribution in [3.05, 3.63) is 109 Å². The van der Waals surface area contributed by atoms with Gasteiger partial charge >= 0.3 is 18.1 Å². The van der Waals surface area contributed by atoms with E-state index in [4.69, 9.17) is 25.6 Å². The zero-order valence-electron chi connectivity index (χ0n) is 35.9. The molecule has 1 unspecified atom stereocenters. The molecule has 2 aromatic heterocycles.